The van der Waals surface area contributed by atoms with Gasteiger partial charge < -0.3 is 0 Å². The van der Waals surface area contributed by atoms with E-state index < -0.39 is 0 Å². The van der Waals surface area contributed by atoms with Crippen molar-refractivity contribution in [1.29, 1.82) is 0 Å². The van der Waals surface area contributed by atoms with E-state index in [2.05, 4.69) is 30.3 Å². The minimum atomic E-state index is 0.250. The van der Waals surface area contributed by atoms with Gasteiger partial charge in [-0.1, -0.05) is 49.6 Å². The van der Waals surface area contributed by atoms with Crippen molar-refractivity contribution in [1.82, 2.24) is 0 Å². The third kappa shape index (κ3) is 4.09. The second kappa shape index (κ2) is 6.97. The van der Waals surface area contributed by atoms with Crippen LogP contribution in [0.4, 0.5) is 0 Å². The smallest absolute Gasteiger partial charge is 0.186 e. The molecule has 0 saturated heterocycles. The lowest BCUT2D eigenvalue weighted by Crippen LogP contribution is -2.03. The molecule has 1 aromatic rings. The molecule has 0 amide bonds. The van der Waals surface area contributed by atoms with E-state index in [1.54, 1.807) is 5.56 Å². The molecule has 0 atom stereocenters. The van der Waals surface area contributed by atoms with Crippen LogP contribution in [0.2, 0.25) is 0 Å². The summed E-state index contributed by atoms with van der Waals surface area (Å²) in [5.74, 6) is 0.861. The van der Waals surface area contributed by atoms with E-state index in [-0.39, 0.29) is 6.15 Å². The largest absolute Gasteiger partial charge is 0.373 e. The lowest BCUT2D eigenvalue weighted by atomic mass is 9.84. The van der Waals surface area contributed by atoms with Crippen molar-refractivity contribution >= 4 is 6.15 Å². The average Bonchev–Trinajstić information content (AvgIpc) is 2.32. The Kier molecular flexibility index (Phi) is 5.42. The van der Waals surface area contributed by atoms with E-state index in [0.717, 1.165) is 5.92 Å². The Labute approximate surface area is 90.3 Å². The first-order chi connectivity index (χ1) is 7.38. The number of carbonyl (C=O) groups excluding carboxylic acids is 2. The van der Waals surface area contributed by atoms with Crippen LogP contribution in [-0.4, -0.2) is 6.15 Å². The van der Waals surface area contributed by atoms with Gasteiger partial charge in [-0.05, 0) is 24.3 Å². The van der Waals surface area contributed by atoms with Crippen molar-refractivity contribution < 1.29 is 9.59 Å². The predicted molar refractivity (Wildman–Crippen MR) is 57.3 cm³/mol. The third-order valence-electron chi connectivity index (χ3n) is 2.88. The van der Waals surface area contributed by atoms with Gasteiger partial charge in [0.25, 0.3) is 0 Å². The number of rotatable bonds is 1. The van der Waals surface area contributed by atoms with E-state index in [9.17, 15) is 0 Å². The normalized spacial score (nSPS) is 16.0. The highest BCUT2D eigenvalue weighted by Gasteiger charge is 2.14. The maximum Gasteiger partial charge on any atom is 0.373 e. The molecule has 0 radical (unpaired) electrons. The van der Waals surface area contributed by atoms with Gasteiger partial charge >= 0.3 is 6.15 Å². The number of hydrogen-bond donors (Lipinski definition) is 0. The SMILES string of the molecule is O=C=O.c1ccc(C2CCCCC2)cc1. The molecular formula is C13H16O2. The van der Waals surface area contributed by atoms with Crippen molar-refractivity contribution in [2.45, 2.75) is 38.0 Å². The van der Waals surface area contributed by atoms with Gasteiger partial charge in [-0.15, -0.1) is 0 Å². The predicted octanol–water partition coefficient (Wildman–Crippen LogP) is 3.15. The number of benzene rings is 1. The van der Waals surface area contributed by atoms with Crippen LogP contribution >= 0.6 is 0 Å². The molecule has 0 N–H and O–H groups in total. The summed E-state index contributed by atoms with van der Waals surface area (Å²) in [5, 5.41) is 0. The molecule has 15 heavy (non-hydrogen) atoms. The summed E-state index contributed by atoms with van der Waals surface area (Å²) in [6.45, 7) is 0. The van der Waals surface area contributed by atoms with Crippen LogP contribution in [0.5, 0.6) is 0 Å². The van der Waals surface area contributed by atoms with Crippen LogP contribution in [0.1, 0.15) is 43.6 Å². The van der Waals surface area contributed by atoms with Crippen molar-refractivity contribution in [2.24, 2.45) is 0 Å². The molecule has 0 unspecified atom stereocenters. The van der Waals surface area contributed by atoms with Gasteiger partial charge in [0.2, 0.25) is 0 Å². The summed E-state index contributed by atoms with van der Waals surface area (Å²) in [6, 6.07) is 11.0. The fourth-order valence-electron chi connectivity index (χ4n) is 2.16. The topological polar surface area (TPSA) is 34.1 Å². The highest BCUT2D eigenvalue weighted by molar-refractivity contribution is 5.20. The van der Waals surface area contributed by atoms with Crippen molar-refractivity contribution in [3.63, 3.8) is 0 Å². The molecule has 0 spiro atoms. The van der Waals surface area contributed by atoms with Crippen molar-refractivity contribution in [2.75, 3.05) is 0 Å². The van der Waals surface area contributed by atoms with Gasteiger partial charge in [0.05, 0.1) is 0 Å². The lowest BCUT2D eigenvalue weighted by Gasteiger charge is -2.21. The molecule has 1 fully saturated rings. The van der Waals surface area contributed by atoms with Crippen LogP contribution in [-0.2, 0) is 9.59 Å². The van der Waals surface area contributed by atoms with E-state index in [1.165, 1.54) is 32.1 Å². The van der Waals surface area contributed by atoms with Gasteiger partial charge in [-0.3, -0.25) is 0 Å². The number of hydrogen-bond acceptors (Lipinski definition) is 2. The van der Waals surface area contributed by atoms with Gasteiger partial charge in [-0.2, -0.15) is 9.59 Å². The summed E-state index contributed by atoms with van der Waals surface area (Å²) >= 11 is 0. The van der Waals surface area contributed by atoms with Crippen LogP contribution in [0.25, 0.3) is 0 Å². The molecule has 2 rings (SSSR count). The quantitative estimate of drug-likeness (QED) is 0.704. The Balaban J connectivity index is 0.000000337. The summed E-state index contributed by atoms with van der Waals surface area (Å²) in [5.41, 5.74) is 1.55. The van der Waals surface area contributed by atoms with Crippen LogP contribution < -0.4 is 0 Å². The highest BCUT2D eigenvalue weighted by Crippen LogP contribution is 2.31. The van der Waals surface area contributed by atoms with Gasteiger partial charge in [0, 0.05) is 0 Å². The molecule has 2 heteroatoms. The maximum absolute atomic E-state index is 8.12. The second-order valence-electron chi connectivity index (χ2n) is 3.83. The minimum Gasteiger partial charge on any atom is -0.186 e. The molecule has 0 aromatic heterocycles. The fraction of sp³-hybridized carbons (Fsp3) is 0.462. The van der Waals surface area contributed by atoms with Gasteiger partial charge in [-0.25, -0.2) is 0 Å². The summed E-state index contributed by atoms with van der Waals surface area (Å²) < 4.78 is 0. The summed E-state index contributed by atoms with van der Waals surface area (Å²) in [7, 11) is 0. The Morgan fingerprint density at radius 3 is 2.00 bits per heavy atom. The van der Waals surface area contributed by atoms with E-state index in [1.807, 2.05) is 0 Å². The molecule has 1 aliphatic carbocycles. The molecule has 1 aromatic carbocycles. The highest BCUT2D eigenvalue weighted by atomic mass is 16.2. The van der Waals surface area contributed by atoms with Crippen molar-refractivity contribution in [3.8, 4) is 0 Å². The Bertz CT molecular complexity index is 294. The van der Waals surface area contributed by atoms with Gasteiger partial charge in [0.1, 0.15) is 0 Å². The standard InChI is InChI=1S/C12H16.CO2/c1-3-7-11(8-4-1)12-9-5-2-6-10-12;2-1-3/h1,3-4,7-8,12H,2,5-6,9-10H2;. The summed E-state index contributed by atoms with van der Waals surface area (Å²) in [6.07, 6.45) is 7.37. The zero-order valence-corrected chi connectivity index (χ0v) is 8.82. The van der Waals surface area contributed by atoms with Gasteiger partial charge in [0.15, 0.2) is 0 Å². The maximum atomic E-state index is 8.12. The summed E-state index contributed by atoms with van der Waals surface area (Å²) in [4.78, 5) is 16.2. The molecular weight excluding hydrogens is 188 g/mol. The molecule has 2 nitrogen and oxygen atoms in total. The second-order valence-corrected chi connectivity index (χ2v) is 3.83. The fourth-order valence-corrected chi connectivity index (χ4v) is 2.16. The first-order valence-corrected chi connectivity index (χ1v) is 5.42. The zero-order valence-electron chi connectivity index (χ0n) is 8.82. The van der Waals surface area contributed by atoms with E-state index in [0.29, 0.717) is 0 Å². The Hall–Kier alpha value is -1.40. The molecule has 80 valence electrons. The minimum absolute atomic E-state index is 0.250. The van der Waals surface area contributed by atoms with E-state index >= 15 is 0 Å². The zero-order chi connectivity index (χ0) is 10.9. The Morgan fingerprint density at radius 2 is 1.47 bits per heavy atom. The van der Waals surface area contributed by atoms with Crippen LogP contribution in [0.15, 0.2) is 30.3 Å². The molecule has 0 bridgehead atoms. The lowest BCUT2D eigenvalue weighted by molar-refractivity contribution is -0.191. The van der Waals surface area contributed by atoms with Crippen molar-refractivity contribution in [3.05, 3.63) is 35.9 Å². The monoisotopic (exact) mass is 204 g/mol. The third-order valence-corrected chi connectivity index (χ3v) is 2.88. The van der Waals surface area contributed by atoms with Crippen LogP contribution in [0, 0.1) is 0 Å². The first-order valence-electron chi connectivity index (χ1n) is 5.42. The Morgan fingerprint density at radius 1 is 0.933 bits per heavy atom. The van der Waals surface area contributed by atoms with E-state index in [4.69, 9.17) is 9.59 Å². The first kappa shape index (κ1) is 11.7. The molecule has 0 aliphatic heterocycles. The average molecular weight is 204 g/mol. The molecule has 1 aliphatic rings. The molecule has 0 heterocycles. The molecule has 1 saturated carbocycles. The van der Waals surface area contributed by atoms with Crippen LogP contribution in [0.3, 0.4) is 0 Å².